The van der Waals surface area contributed by atoms with Crippen LogP contribution in [0.1, 0.15) is 13.8 Å². The molecule has 16 heavy (non-hydrogen) atoms. The Kier molecular flexibility index (Phi) is 3.88. The van der Waals surface area contributed by atoms with E-state index in [0.717, 1.165) is 0 Å². The van der Waals surface area contributed by atoms with E-state index in [2.05, 4.69) is 0 Å². The molecule has 5 nitrogen and oxygen atoms in total. The first-order valence-electron chi connectivity index (χ1n) is 5.10. The molecule has 0 bridgehead atoms. The van der Waals surface area contributed by atoms with Crippen LogP contribution in [0.2, 0.25) is 0 Å². The third-order valence-electron chi connectivity index (χ3n) is 2.40. The molecule has 0 aromatic carbocycles. The highest BCUT2D eigenvalue weighted by atomic mass is 32.2. The topological polar surface area (TPSA) is 59.4 Å². The van der Waals surface area contributed by atoms with Gasteiger partial charge in [0, 0.05) is 32.4 Å². The summed E-state index contributed by atoms with van der Waals surface area (Å²) >= 11 is 0. The Hall–Kier alpha value is -1.14. The Morgan fingerprint density at radius 2 is 1.81 bits per heavy atom. The van der Waals surface area contributed by atoms with E-state index < -0.39 is 10.0 Å². The van der Waals surface area contributed by atoms with Crippen LogP contribution >= 0.6 is 0 Å². The molecule has 1 rings (SSSR count). The second-order valence-electron chi connectivity index (χ2n) is 3.40. The van der Waals surface area contributed by atoms with E-state index in [1.807, 2.05) is 0 Å². The standard InChI is InChI=1S/C10H16N2O3S/c1-4-12(5-2)16(14,15)9-6-7-10(13)11(3)8-9/h6-8H,4-5H2,1-3H3. The van der Waals surface area contributed by atoms with Crippen molar-refractivity contribution in [3.63, 3.8) is 0 Å². The Morgan fingerprint density at radius 3 is 2.25 bits per heavy atom. The van der Waals surface area contributed by atoms with Gasteiger partial charge < -0.3 is 4.57 Å². The summed E-state index contributed by atoms with van der Waals surface area (Å²) in [6.07, 6.45) is 1.34. The molecule has 0 N–H and O–H groups in total. The monoisotopic (exact) mass is 244 g/mol. The van der Waals surface area contributed by atoms with Crippen molar-refractivity contribution in [1.82, 2.24) is 8.87 Å². The molecule has 0 aliphatic carbocycles. The van der Waals surface area contributed by atoms with Crippen molar-refractivity contribution >= 4 is 10.0 Å². The van der Waals surface area contributed by atoms with Gasteiger partial charge in [0.25, 0.3) is 0 Å². The molecule has 0 unspecified atom stereocenters. The highest BCUT2D eigenvalue weighted by Gasteiger charge is 2.21. The van der Waals surface area contributed by atoms with Gasteiger partial charge in [0.05, 0.1) is 4.90 Å². The number of pyridine rings is 1. The van der Waals surface area contributed by atoms with Gasteiger partial charge in [-0.1, -0.05) is 13.8 Å². The zero-order valence-electron chi connectivity index (χ0n) is 9.67. The molecular formula is C10H16N2O3S. The molecule has 0 aliphatic heterocycles. The molecular weight excluding hydrogens is 228 g/mol. The second-order valence-corrected chi connectivity index (χ2v) is 5.34. The SMILES string of the molecule is CCN(CC)S(=O)(=O)c1ccc(=O)n(C)c1. The van der Waals surface area contributed by atoms with Crippen molar-refractivity contribution in [3.05, 3.63) is 28.7 Å². The molecule has 0 spiro atoms. The number of sulfonamides is 1. The second kappa shape index (κ2) is 4.80. The summed E-state index contributed by atoms with van der Waals surface area (Å²) in [4.78, 5) is 11.3. The number of hydrogen-bond donors (Lipinski definition) is 0. The fraction of sp³-hybridized carbons (Fsp3) is 0.500. The van der Waals surface area contributed by atoms with E-state index in [0.29, 0.717) is 13.1 Å². The lowest BCUT2D eigenvalue weighted by atomic mass is 10.5. The van der Waals surface area contributed by atoms with Gasteiger partial charge in [-0.05, 0) is 6.07 Å². The van der Waals surface area contributed by atoms with Gasteiger partial charge in [0.1, 0.15) is 0 Å². The van der Waals surface area contributed by atoms with Crippen molar-refractivity contribution in [2.75, 3.05) is 13.1 Å². The fourth-order valence-electron chi connectivity index (χ4n) is 1.43. The summed E-state index contributed by atoms with van der Waals surface area (Å²) in [6, 6.07) is 2.60. The molecule has 0 aliphatic rings. The van der Waals surface area contributed by atoms with Crippen molar-refractivity contribution in [3.8, 4) is 0 Å². The molecule has 1 aromatic rings. The Morgan fingerprint density at radius 1 is 1.25 bits per heavy atom. The number of nitrogens with zero attached hydrogens (tertiary/aromatic N) is 2. The van der Waals surface area contributed by atoms with Crippen LogP contribution < -0.4 is 5.56 Å². The molecule has 90 valence electrons. The minimum Gasteiger partial charge on any atom is -0.317 e. The normalized spacial score (nSPS) is 12.0. The lowest BCUT2D eigenvalue weighted by molar-refractivity contribution is 0.444. The van der Waals surface area contributed by atoms with E-state index in [-0.39, 0.29) is 10.5 Å². The van der Waals surface area contributed by atoms with E-state index in [1.165, 1.54) is 34.2 Å². The quantitative estimate of drug-likeness (QED) is 0.771. The van der Waals surface area contributed by atoms with Crippen LogP contribution in [0, 0.1) is 0 Å². The van der Waals surface area contributed by atoms with Gasteiger partial charge in [0.15, 0.2) is 0 Å². The van der Waals surface area contributed by atoms with Crippen molar-refractivity contribution in [2.24, 2.45) is 7.05 Å². The van der Waals surface area contributed by atoms with Crippen LogP contribution in [-0.4, -0.2) is 30.4 Å². The van der Waals surface area contributed by atoms with Gasteiger partial charge in [-0.15, -0.1) is 0 Å². The lowest BCUT2D eigenvalue weighted by Gasteiger charge is -2.18. The van der Waals surface area contributed by atoms with Crippen LogP contribution in [0.4, 0.5) is 0 Å². The Labute approximate surface area is 95.4 Å². The van der Waals surface area contributed by atoms with Crippen LogP contribution in [0.15, 0.2) is 28.0 Å². The van der Waals surface area contributed by atoms with Gasteiger partial charge in [-0.25, -0.2) is 8.42 Å². The Balaban J connectivity index is 3.27. The molecule has 0 saturated carbocycles. The number of aromatic nitrogens is 1. The van der Waals surface area contributed by atoms with E-state index in [9.17, 15) is 13.2 Å². The lowest BCUT2D eigenvalue weighted by Crippen LogP contribution is -2.31. The highest BCUT2D eigenvalue weighted by Crippen LogP contribution is 2.12. The predicted octanol–water partition coefficient (Wildman–Crippen LogP) is 0.416. The van der Waals surface area contributed by atoms with E-state index in [1.54, 1.807) is 13.8 Å². The molecule has 0 radical (unpaired) electrons. The molecule has 0 saturated heterocycles. The predicted molar refractivity (Wildman–Crippen MR) is 61.8 cm³/mol. The maximum Gasteiger partial charge on any atom is 0.250 e. The van der Waals surface area contributed by atoms with Crippen LogP contribution in [0.25, 0.3) is 0 Å². The van der Waals surface area contributed by atoms with E-state index in [4.69, 9.17) is 0 Å². The smallest absolute Gasteiger partial charge is 0.250 e. The Bertz CT molecular complexity index is 515. The number of rotatable bonds is 4. The maximum absolute atomic E-state index is 12.1. The fourth-order valence-corrected chi connectivity index (χ4v) is 2.94. The minimum atomic E-state index is -3.47. The summed E-state index contributed by atoms with van der Waals surface area (Å²) in [6.45, 7) is 4.40. The van der Waals surface area contributed by atoms with Gasteiger partial charge in [-0.3, -0.25) is 4.79 Å². The average molecular weight is 244 g/mol. The number of aryl methyl sites for hydroxylation is 1. The van der Waals surface area contributed by atoms with Crippen molar-refractivity contribution < 1.29 is 8.42 Å². The van der Waals surface area contributed by atoms with Crippen LogP contribution in [0.3, 0.4) is 0 Å². The minimum absolute atomic E-state index is 0.151. The maximum atomic E-state index is 12.1. The summed E-state index contributed by atoms with van der Waals surface area (Å²) in [7, 11) is -1.94. The first-order chi connectivity index (χ1) is 7.43. The summed E-state index contributed by atoms with van der Waals surface area (Å²) < 4.78 is 26.8. The van der Waals surface area contributed by atoms with E-state index >= 15 is 0 Å². The third kappa shape index (κ3) is 2.33. The molecule has 0 atom stereocenters. The highest BCUT2D eigenvalue weighted by molar-refractivity contribution is 7.89. The summed E-state index contributed by atoms with van der Waals surface area (Å²) in [5, 5.41) is 0. The zero-order valence-corrected chi connectivity index (χ0v) is 10.5. The van der Waals surface area contributed by atoms with Crippen molar-refractivity contribution in [1.29, 1.82) is 0 Å². The molecule has 0 amide bonds. The molecule has 1 heterocycles. The molecule has 1 aromatic heterocycles. The summed E-state index contributed by atoms with van der Waals surface area (Å²) in [5.41, 5.74) is -0.224. The number of hydrogen-bond acceptors (Lipinski definition) is 3. The van der Waals surface area contributed by atoms with Crippen molar-refractivity contribution in [2.45, 2.75) is 18.7 Å². The first kappa shape index (κ1) is 12.9. The van der Waals surface area contributed by atoms with Gasteiger partial charge in [-0.2, -0.15) is 4.31 Å². The third-order valence-corrected chi connectivity index (χ3v) is 4.44. The van der Waals surface area contributed by atoms with Gasteiger partial charge in [0.2, 0.25) is 15.6 Å². The van der Waals surface area contributed by atoms with Crippen LogP contribution in [-0.2, 0) is 17.1 Å². The molecule has 6 heteroatoms. The summed E-state index contributed by atoms with van der Waals surface area (Å²) in [5.74, 6) is 0. The largest absolute Gasteiger partial charge is 0.317 e. The van der Waals surface area contributed by atoms with Gasteiger partial charge >= 0.3 is 0 Å². The van der Waals surface area contributed by atoms with Crippen LogP contribution in [0.5, 0.6) is 0 Å². The first-order valence-corrected chi connectivity index (χ1v) is 6.54. The molecule has 0 fully saturated rings. The average Bonchev–Trinajstić information content (AvgIpc) is 2.23. The zero-order chi connectivity index (χ0) is 12.3.